The van der Waals surface area contributed by atoms with Gasteiger partial charge in [0.15, 0.2) is 6.10 Å². The Morgan fingerprint density at radius 2 is 0.833 bits per heavy atom. The molecule has 9 nitrogen and oxygen atoms in total. The highest BCUT2D eigenvalue weighted by Crippen LogP contribution is 2.30. The van der Waals surface area contributed by atoms with Crippen molar-refractivity contribution < 1.29 is 42.9 Å². The van der Waals surface area contributed by atoms with E-state index >= 15 is 0 Å². The molecule has 0 amide bonds. The van der Waals surface area contributed by atoms with Crippen LogP contribution in [0.1, 0.15) is 41.4 Å². The van der Waals surface area contributed by atoms with Gasteiger partial charge in [0.25, 0.3) is 0 Å². The number of carbonyl (C=O) groups excluding carboxylic acids is 4. The van der Waals surface area contributed by atoms with Crippen molar-refractivity contribution in [3.63, 3.8) is 0 Å². The average molecular weight is 567 g/mol. The van der Waals surface area contributed by atoms with Gasteiger partial charge in [-0.2, -0.15) is 0 Å². The summed E-state index contributed by atoms with van der Waals surface area (Å²) in [6, 6.07) is 32.8. The number of carbonyl (C=O) groups is 4. The first-order valence-corrected chi connectivity index (χ1v) is 13.2. The molecule has 4 unspecified atom stereocenters. The Morgan fingerprint density at radius 1 is 0.476 bits per heavy atom. The van der Waals surface area contributed by atoms with Gasteiger partial charge in [-0.1, -0.05) is 72.8 Å². The van der Waals surface area contributed by atoms with Gasteiger partial charge in [0, 0.05) is 0 Å². The van der Waals surface area contributed by atoms with Crippen molar-refractivity contribution in [3.05, 3.63) is 144 Å². The molecule has 1 saturated heterocycles. The molecule has 9 heteroatoms. The monoisotopic (exact) mass is 566 g/mol. The Balaban J connectivity index is 1.43. The van der Waals surface area contributed by atoms with Crippen molar-refractivity contribution in [2.24, 2.45) is 0 Å². The molecule has 0 radical (unpaired) electrons. The maximum Gasteiger partial charge on any atom is 0.340 e. The van der Waals surface area contributed by atoms with Crippen molar-refractivity contribution in [2.45, 2.75) is 24.6 Å². The van der Waals surface area contributed by atoms with E-state index in [9.17, 15) is 19.2 Å². The maximum atomic E-state index is 13.1. The van der Waals surface area contributed by atoms with Gasteiger partial charge in [-0.05, 0) is 48.5 Å². The average Bonchev–Trinajstić information content (AvgIpc) is 3.35. The van der Waals surface area contributed by atoms with E-state index in [0.717, 1.165) is 0 Å². The summed E-state index contributed by atoms with van der Waals surface area (Å²) in [6.07, 6.45) is -5.33. The molecule has 1 fully saturated rings. The van der Waals surface area contributed by atoms with Gasteiger partial charge in [0.1, 0.15) is 12.7 Å². The molecule has 4 aromatic rings. The Bertz CT molecular complexity index is 1510. The maximum absolute atomic E-state index is 13.1. The van der Waals surface area contributed by atoms with E-state index in [1.807, 2.05) is 0 Å². The molecule has 0 spiro atoms. The van der Waals surface area contributed by atoms with Crippen molar-refractivity contribution in [2.75, 3.05) is 6.61 Å². The molecule has 0 saturated carbocycles. The molecular weight excluding hydrogens is 540 g/mol. The van der Waals surface area contributed by atoms with Crippen LogP contribution in [-0.2, 0) is 23.7 Å². The highest BCUT2D eigenvalue weighted by Gasteiger charge is 2.52. The predicted molar refractivity (Wildman–Crippen MR) is 149 cm³/mol. The lowest BCUT2D eigenvalue weighted by atomic mass is 10.1. The van der Waals surface area contributed by atoms with Gasteiger partial charge < -0.3 is 23.7 Å². The standard InChI is InChI=1S/C33H26O9/c34-29(22-13-5-1-6-14-22)38-21-26-27(40-30(35)23-15-7-2-8-16-23)28(41-31(36)24-17-9-3-10-18-24)33(39-26)42-32(37)25-19-11-4-12-20-25/h1-20,26-28,33H,21H2. The van der Waals surface area contributed by atoms with Crippen LogP contribution >= 0.6 is 0 Å². The zero-order chi connectivity index (χ0) is 29.3. The molecule has 42 heavy (non-hydrogen) atoms. The summed E-state index contributed by atoms with van der Waals surface area (Å²) >= 11 is 0. The third-order valence-electron chi connectivity index (χ3n) is 6.39. The topological polar surface area (TPSA) is 114 Å². The fourth-order valence-corrected chi connectivity index (χ4v) is 4.28. The van der Waals surface area contributed by atoms with Gasteiger partial charge >= 0.3 is 23.9 Å². The summed E-state index contributed by atoms with van der Waals surface area (Å²) in [5.41, 5.74) is 0.978. The lowest BCUT2D eigenvalue weighted by molar-refractivity contribution is -0.141. The molecule has 1 heterocycles. The molecule has 0 bridgehead atoms. The molecule has 0 aromatic heterocycles. The van der Waals surface area contributed by atoms with Crippen LogP contribution in [0.4, 0.5) is 0 Å². The molecule has 4 aromatic carbocycles. The normalized spacial score (nSPS) is 19.3. The SMILES string of the molecule is O=C(OCC1OC(OC(=O)c2ccccc2)C(OC(=O)c2ccccc2)C1OC(=O)c1ccccc1)c1ccccc1. The van der Waals surface area contributed by atoms with Crippen molar-refractivity contribution in [1.82, 2.24) is 0 Å². The molecular formula is C33H26O9. The number of hydrogen-bond acceptors (Lipinski definition) is 9. The van der Waals surface area contributed by atoms with E-state index in [-0.39, 0.29) is 23.3 Å². The minimum Gasteiger partial charge on any atom is -0.459 e. The molecule has 5 rings (SSSR count). The number of ether oxygens (including phenoxy) is 5. The van der Waals surface area contributed by atoms with Crippen LogP contribution < -0.4 is 0 Å². The summed E-state index contributed by atoms with van der Waals surface area (Å²) in [4.78, 5) is 51.9. The fourth-order valence-electron chi connectivity index (χ4n) is 4.28. The zero-order valence-corrected chi connectivity index (χ0v) is 22.2. The second-order valence-electron chi connectivity index (χ2n) is 9.25. The molecule has 1 aliphatic rings. The van der Waals surface area contributed by atoms with Crippen LogP contribution in [0.5, 0.6) is 0 Å². The van der Waals surface area contributed by atoms with Crippen LogP contribution in [-0.4, -0.2) is 55.1 Å². The highest BCUT2D eigenvalue weighted by atomic mass is 16.8. The Kier molecular flexibility index (Phi) is 9.00. The van der Waals surface area contributed by atoms with Gasteiger partial charge in [0.05, 0.1) is 22.3 Å². The van der Waals surface area contributed by atoms with Crippen LogP contribution in [0.15, 0.2) is 121 Å². The van der Waals surface area contributed by atoms with Crippen LogP contribution in [0.2, 0.25) is 0 Å². The third-order valence-corrected chi connectivity index (χ3v) is 6.39. The van der Waals surface area contributed by atoms with Crippen LogP contribution in [0, 0.1) is 0 Å². The minimum atomic E-state index is -1.49. The van der Waals surface area contributed by atoms with Crippen molar-refractivity contribution in [1.29, 1.82) is 0 Å². The van der Waals surface area contributed by atoms with Gasteiger partial charge in [-0.25, -0.2) is 19.2 Å². The third kappa shape index (κ3) is 6.89. The lowest BCUT2D eigenvalue weighted by Gasteiger charge is -2.24. The second-order valence-corrected chi connectivity index (χ2v) is 9.25. The lowest BCUT2D eigenvalue weighted by Crippen LogP contribution is -2.42. The molecule has 0 aliphatic carbocycles. The number of hydrogen-bond donors (Lipinski definition) is 0. The number of benzene rings is 4. The fraction of sp³-hybridized carbons (Fsp3) is 0.152. The smallest absolute Gasteiger partial charge is 0.340 e. The Labute approximate surface area is 241 Å². The first kappa shape index (κ1) is 28.3. The molecule has 0 N–H and O–H groups in total. The van der Waals surface area contributed by atoms with E-state index in [4.69, 9.17) is 23.7 Å². The molecule has 1 aliphatic heterocycles. The summed E-state index contributed by atoms with van der Waals surface area (Å²) in [5.74, 6) is -2.89. The van der Waals surface area contributed by atoms with Crippen LogP contribution in [0.25, 0.3) is 0 Å². The van der Waals surface area contributed by atoms with Gasteiger partial charge in [-0.15, -0.1) is 0 Å². The minimum absolute atomic E-state index is 0.220. The molecule has 4 atom stereocenters. The largest absolute Gasteiger partial charge is 0.459 e. The Morgan fingerprint density at radius 3 is 1.26 bits per heavy atom. The first-order chi connectivity index (χ1) is 20.5. The van der Waals surface area contributed by atoms with E-state index in [1.165, 1.54) is 0 Å². The van der Waals surface area contributed by atoms with Crippen molar-refractivity contribution >= 4 is 23.9 Å². The molecule has 212 valence electrons. The zero-order valence-electron chi connectivity index (χ0n) is 22.2. The summed E-state index contributed by atoms with van der Waals surface area (Å²) < 4.78 is 28.6. The summed E-state index contributed by atoms with van der Waals surface area (Å²) in [6.45, 7) is -0.390. The number of esters is 4. The Hall–Kier alpha value is -5.28. The van der Waals surface area contributed by atoms with E-state index < -0.39 is 48.5 Å². The predicted octanol–water partition coefficient (Wildman–Crippen LogP) is 4.88. The van der Waals surface area contributed by atoms with Crippen molar-refractivity contribution in [3.8, 4) is 0 Å². The van der Waals surface area contributed by atoms with E-state index in [1.54, 1.807) is 121 Å². The highest BCUT2D eigenvalue weighted by molar-refractivity contribution is 5.91. The quantitative estimate of drug-likeness (QED) is 0.207. The van der Waals surface area contributed by atoms with E-state index in [2.05, 4.69) is 0 Å². The van der Waals surface area contributed by atoms with E-state index in [0.29, 0.717) is 5.56 Å². The first-order valence-electron chi connectivity index (χ1n) is 13.2. The summed E-state index contributed by atoms with van der Waals surface area (Å²) in [7, 11) is 0. The summed E-state index contributed by atoms with van der Waals surface area (Å²) in [5, 5.41) is 0. The second kappa shape index (κ2) is 13.4. The number of rotatable bonds is 9. The van der Waals surface area contributed by atoms with Crippen LogP contribution in [0.3, 0.4) is 0 Å². The van der Waals surface area contributed by atoms with Gasteiger partial charge in [-0.3, -0.25) is 0 Å². The van der Waals surface area contributed by atoms with Gasteiger partial charge in [0.2, 0.25) is 12.4 Å².